The predicted octanol–water partition coefficient (Wildman–Crippen LogP) is 2.23. The van der Waals surface area contributed by atoms with E-state index in [9.17, 15) is 18.0 Å². The Kier molecular flexibility index (Phi) is 5.30. The molecule has 0 saturated carbocycles. The van der Waals surface area contributed by atoms with E-state index in [0.717, 1.165) is 36.9 Å². The molecule has 1 amide bonds. The molecule has 166 valence electrons. The highest BCUT2D eigenvalue weighted by molar-refractivity contribution is 7.89. The first-order chi connectivity index (χ1) is 15.4. The van der Waals surface area contributed by atoms with Crippen LogP contribution in [0.4, 0.5) is 5.69 Å². The van der Waals surface area contributed by atoms with Gasteiger partial charge in [-0.2, -0.15) is 9.40 Å². The van der Waals surface area contributed by atoms with Crippen LogP contribution in [0, 0.1) is 0 Å². The molecule has 8 nitrogen and oxygen atoms in total. The van der Waals surface area contributed by atoms with E-state index in [0.29, 0.717) is 41.0 Å². The van der Waals surface area contributed by atoms with Gasteiger partial charge in [-0.1, -0.05) is 18.2 Å². The van der Waals surface area contributed by atoms with Gasteiger partial charge in [0, 0.05) is 30.7 Å². The number of nitrogens with one attached hydrogen (secondary N) is 1. The second kappa shape index (κ2) is 8.14. The Bertz CT molecular complexity index is 1360. The summed E-state index contributed by atoms with van der Waals surface area (Å²) in [5.41, 5.74) is 1.84. The van der Waals surface area contributed by atoms with Crippen molar-refractivity contribution in [1.29, 1.82) is 0 Å². The third-order valence-corrected chi connectivity index (χ3v) is 8.16. The molecule has 0 spiro atoms. The highest BCUT2D eigenvalue weighted by atomic mass is 32.2. The lowest BCUT2D eigenvalue weighted by Gasteiger charge is -2.30. The zero-order valence-electron chi connectivity index (χ0n) is 17.6. The Morgan fingerprint density at radius 1 is 1.00 bits per heavy atom. The van der Waals surface area contributed by atoms with Gasteiger partial charge >= 0.3 is 0 Å². The molecule has 2 aliphatic rings. The second-order valence-corrected chi connectivity index (χ2v) is 10.2. The average molecular weight is 453 g/mol. The first kappa shape index (κ1) is 20.8. The molecule has 1 aromatic heterocycles. The summed E-state index contributed by atoms with van der Waals surface area (Å²) < 4.78 is 27.4. The van der Waals surface area contributed by atoms with Crippen LogP contribution in [0.5, 0.6) is 0 Å². The van der Waals surface area contributed by atoms with E-state index in [1.165, 1.54) is 4.31 Å². The molecule has 0 atom stereocenters. The topological polar surface area (TPSA) is 103 Å². The summed E-state index contributed by atoms with van der Waals surface area (Å²) >= 11 is 0. The van der Waals surface area contributed by atoms with Crippen molar-refractivity contribution in [2.75, 3.05) is 24.5 Å². The van der Waals surface area contributed by atoms with Gasteiger partial charge in [0.05, 0.1) is 22.4 Å². The zero-order chi connectivity index (χ0) is 22.3. The van der Waals surface area contributed by atoms with Crippen LogP contribution in [-0.2, 0) is 27.7 Å². The van der Waals surface area contributed by atoms with Gasteiger partial charge in [0.25, 0.3) is 5.56 Å². The van der Waals surface area contributed by atoms with Gasteiger partial charge in [-0.15, -0.1) is 0 Å². The molecule has 1 saturated heterocycles. The van der Waals surface area contributed by atoms with Crippen molar-refractivity contribution >= 4 is 32.4 Å². The summed E-state index contributed by atoms with van der Waals surface area (Å²) in [7, 11) is -3.50. The smallest absolute Gasteiger partial charge is 0.272 e. The number of carbonyl (C=O) groups excluding carboxylic acids is 1. The van der Waals surface area contributed by atoms with E-state index in [1.54, 1.807) is 41.3 Å². The molecule has 1 fully saturated rings. The average Bonchev–Trinajstić information content (AvgIpc) is 3.36. The molecule has 9 heteroatoms. The Morgan fingerprint density at radius 3 is 2.53 bits per heavy atom. The number of aromatic amines is 1. The van der Waals surface area contributed by atoms with Crippen molar-refractivity contribution in [3.63, 3.8) is 0 Å². The number of nitrogens with zero attached hydrogens (tertiary/aromatic N) is 3. The van der Waals surface area contributed by atoms with E-state index in [-0.39, 0.29) is 17.9 Å². The molecule has 0 bridgehead atoms. The number of amides is 1. The molecule has 2 aliphatic heterocycles. The van der Waals surface area contributed by atoms with E-state index in [1.807, 2.05) is 6.07 Å². The molecule has 2 aromatic carbocycles. The van der Waals surface area contributed by atoms with E-state index >= 15 is 0 Å². The minimum atomic E-state index is -3.50. The molecule has 1 N–H and O–H groups in total. The van der Waals surface area contributed by atoms with Gasteiger partial charge < -0.3 is 4.90 Å². The summed E-state index contributed by atoms with van der Waals surface area (Å²) in [6.45, 7) is 1.68. The number of rotatable bonds is 4. The number of fused-ring (bicyclic) bond motifs is 2. The Balaban J connectivity index is 1.44. The largest absolute Gasteiger partial charge is 0.312 e. The summed E-state index contributed by atoms with van der Waals surface area (Å²) in [4.78, 5) is 27.2. The first-order valence-electron chi connectivity index (χ1n) is 10.8. The van der Waals surface area contributed by atoms with Crippen LogP contribution < -0.4 is 10.5 Å². The molecular weight excluding hydrogens is 428 g/mol. The summed E-state index contributed by atoms with van der Waals surface area (Å²) in [6, 6.07) is 12.2. The standard InChI is InChI=1S/C23H24N4O4S/c28-22(15-20-18-7-1-2-8-19(18)23(29)25-24-20)27-13-5-6-16-14-17(9-10-21(16)27)32(30,31)26-11-3-4-12-26/h1-2,7-10,14H,3-6,11-13,15H2,(H,25,29). The van der Waals surface area contributed by atoms with E-state index in [2.05, 4.69) is 10.2 Å². The van der Waals surface area contributed by atoms with Gasteiger partial charge in [0.15, 0.2) is 0 Å². The van der Waals surface area contributed by atoms with E-state index < -0.39 is 10.0 Å². The molecule has 0 radical (unpaired) electrons. The minimum absolute atomic E-state index is 0.0462. The SMILES string of the molecule is O=C(Cc1n[nH]c(=O)c2ccccc12)N1CCCc2cc(S(=O)(=O)N3CCCC3)ccc21. The van der Waals surface area contributed by atoms with Crippen molar-refractivity contribution in [1.82, 2.24) is 14.5 Å². The number of aryl methyl sites for hydroxylation is 1. The van der Waals surface area contributed by atoms with Gasteiger partial charge in [-0.25, -0.2) is 13.5 Å². The quantitative estimate of drug-likeness (QED) is 0.654. The maximum absolute atomic E-state index is 13.2. The van der Waals surface area contributed by atoms with Crippen LogP contribution in [0.3, 0.4) is 0 Å². The van der Waals surface area contributed by atoms with Crippen LogP contribution in [-0.4, -0.2) is 48.5 Å². The molecule has 0 aliphatic carbocycles. The fourth-order valence-electron chi connectivity index (χ4n) is 4.62. The molecule has 3 aromatic rings. The molecule has 3 heterocycles. The number of anilines is 1. The van der Waals surface area contributed by atoms with Crippen molar-refractivity contribution in [2.45, 2.75) is 37.0 Å². The van der Waals surface area contributed by atoms with Gasteiger partial charge in [0.1, 0.15) is 0 Å². The van der Waals surface area contributed by atoms with Crippen LogP contribution >= 0.6 is 0 Å². The lowest BCUT2D eigenvalue weighted by Crippen LogP contribution is -2.37. The number of H-pyrrole nitrogens is 1. The number of sulfonamides is 1. The van der Waals surface area contributed by atoms with Gasteiger partial charge in [-0.05, 0) is 55.5 Å². The van der Waals surface area contributed by atoms with Gasteiger partial charge in [0.2, 0.25) is 15.9 Å². The lowest BCUT2D eigenvalue weighted by atomic mass is 10.0. The third-order valence-electron chi connectivity index (χ3n) is 6.27. The second-order valence-electron chi connectivity index (χ2n) is 8.27. The maximum Gasteiger partial charge on any atom is 0.272 e. The van der Waals surface area contributed by atoms with Crippen molar-refractivity contribution in [3.05, 3.63) is 64.1 Å². The normalized spacial score (nSPS) is 16.9. The summed E-state index contributed by atoms with van der Waals surface area (Å²) in [6.07, 6.45) is 3.30. The summed E-state index contributed by atoms with van der Waals surface area (Å²) in [5.74, 6) is -0.134. The fraction of sp³-hybridized carbons (Fsp3) is 0.348. The van der Waals surface area contributed by atoms with Crippen LogP contribution in [0.1, 0.15) is 30.5 Å². The Morgan fingerprint density at radius 2 is 1.75 bits per heavy atom. The van der Waals surface area contributed by atoms with Crippen LogP contribution in [0.2, 0.25) is 0 Å². The van der Waals surface area contributed by atoms with E-state index in [4.69, 9.17) is 0 Å². The molecular formula is C23H24N4O4S. The van der Waals surface area contributed by atoms with Gasteiger partial charge in [-0.3, -0.25) is 9.59 Å². The highest BCUT2D eigenvalue weighted by Crippen LogP contribution is 2.32. The first-order valence-corrected chi connectivity index (χ1v) is 12.3. The van der Waals surface area contributed by atoms with Crippen LogP contribution in [0.15, 0.2) is 52.2 Å². The van der Waals surface area contributed by atoms with Crippen molar-refractivity contribution < 1.29 is 13.2 Å². The number of aromatic nitrogens is 2. The highest BCUT2D eigenvalue weighted by Gasteiger charge is 2.30. The Hall–Kier alpha value is -3.04. The Labute approximate surface area is 185 Å². The number of carbonyl (C=O) groups is 1. The van der Waals surface area contributed by atoms with Crippen LogP contribution in [0.25, 0.3) is 10.8 Å². The molecule has 5 rings (SSSR count). The fourth-order valence-corrected chi connectivity index (χ4v) is 6.18. The van der Waals surface area contributed by atoms with Crippen molar-refractivity contribution in [3.8, 4) is 0 Å². The number of hydrogen-bond acceptors (Lipinski definition) is 5. The number of benzene rings is 2. The zero-order valence-corrected chi connectivity index (χ0v) is 18.4. The monoisotopic (exact) mass is 452 g/mol. The summed E-state index contributed by atoms with van der Waals surface area (Å²) in [5, 5.41) is 7.75. The third kappa shape index (κ3) is 3.61. The number of hydrogen-bond donors (Lipinski definition) is 1. The van der Waals surface area contributed by atoms with Crippen molar-refractivity contribution in [2.24, 2.45) is 0 Å². The maximum atomic E-state index is 13.2. The molecule has 32 heavy (non-hydrogen) atoms. The molecule has 0 unspecified atom stereocenters. The minimum Gasteiger partial charge on any atom is -0.312 e. The predicted molar refractivity (Wildman–Crippen MR) is 121 cm³/mol. The lowest BCUT2D eigenvalue weighted by molar-refractivity contribution is -0.118.